The molecule has 0 heterocycles. The zero-order chi connectivity index (χ0) is 12.0. The first kappa shape index (κ1) is 13.2. The standard InChI is InChI=1S/C14H23NO/c1-11-7-12(2)9-13(8-11)10-14(15-3)5-6-16-4/h7-9,14-15H,5-6,10H2,1-4H3. The summed E-state index contributed by atoms with van der Waals surface area (Å²) >= 11 is 0. The van der Waals surface area contributed by atoms with E-state index in [0.717, 1.165) is 19.4 Å². The molecular weight excluding hydrogens is 198 g/mol. The van der Waals surface area contributed by atoms with Crippen molar-refractivity contribution < 1.29 is 4.74 Å². The molecule has 1 N–H and O–H groups in total. The number of likely N-dealkylation sites (N-methyl/N-ethyl adjacent to an activating group) is 1. The molecule has 1 rings (SSSR count). The molecule has 0 aliphatic rings. The highest BCUT2D eigenvalue weighted by Gasteiger charge is 2.07. The predicted molar refractivity (Wildman–Crippen MR) is 69.0 cm³/mol. The number of hydrogen-bond donors (Lipinski definition) is 1. The third-order valence-corrected chi connectivity index (χ3v) is 2.84. The van der Waals surface area contributed by atoms with Crippen molar-refractivity contribution in [1.82, 2.24) is 5.32 Å². The van der Waals surface area contributed by atoms with Crippen molar-refractivity contribution in [3.63, 3.8) is 0 Å². The molecule has 0 radical (unpaired) electrons. The second-order valence-electron chi connectivity index (χ2n) is 4.47. The number of aryl methyl sites for hydroxylation is 2. The van der Waals surface area contributed by atoms with Gasteiger partial charge in [0.05, 0.1) is 0 Å². The quantitative estimate of drug-likeness (QED) is 0.797. The number of hydrogen-bond acceptors (Lipinski definition) is 2. The first-order valence-electron chi connectivity index (χ1n) is 5.89. The second kappa shape index (κ2) is 6.66. The van der Waals surface area contributed by atoms with Gasteiger partial charge >= 0.3 is 0 Å². The van der Waals surface area contributed by atoms with Gasteiger partial charge in [-0.15, -0.1) is 0 Å². The van der Waals surface area contributed by atoms with Crippen LogP contribution in [0.1, 0.15) is 23.1 Å². The van der Waals surface area contributed by atoms with Crippen molar-refractivity contribution in [3.05, 3.63) is 34.9 Å². The van der Waals surface area contributed by atoms with E-state index in [2.05, 4.69) is 37.4 Å². The molecule has 0 saturated carbocycles. The maximum absolute atomic E-state index is 5.12. The Morgan fingerprint density at radius 2 is 1.81 bits per heavy atom. The van der Waals surface area contributed by atoms with Crippen molar-refractivity contribution in [2.75, 3.05) is 20.8 Å². The topological polar surface area (TPSA) is 21.3 Å². The molecule has 16 heavy (non-hydrogen) atoms. The van der Waals surface area contributed by atoms with Crippen LogP contribution in [-0.4, -0.2) is 26.8 Å². The normalized spacial score (nSPS) is 12.8. The van der Waals surface area contributed by atoms with Gasteiger partial charge in [0.15, 0.2) is 0 Å². The first-order valence-corrected chi connectivity index (χ1v) is 5.89. The summed E-state index contributed by atoms with van der Waals surface area (Å²) in [6, 6.07) is 7.25. The Morgan fingerprint density at radius 1 is 1.19 bits per heavy atom. The molecule has 0 saturated heterocycles. The monoisotopic (exact) mass is 221 g/mol. The van der Waals surface area contributed by atoms with E-state index < -0.39 is 0 Å². The molecule has 0 aromatic heterocycles. The van der Waals surface area contributed by atoms with Crippen LogP contribution in [0.15, 0.2) is 18.2 Å². The Labute approximate surface area is 99.0 Å². The van der Waals surface area contributed by atoms with Crippen LogP contribution in [0, 0.1) is 13.8 Å². The Balaban J connectivity index is 2.62. The van der Waals surface area contributed by atoms with E-state index >= 15 is 0 Å². The minimum absolute atomic E-state index is 0.501. The summed E-state index contributed by atoms with van der Waals surface area (Å²) in [5.41, 5.74) is 4.10. The highest BCUT2D eigenvalue weighted by molar-refractivity contribution is 5.29. The fraction of sp³-hybridized carbons (Fsp3) is 0.571. The van der Waals surface area contributed by atoms with Gasteiger partial charge in [0.1, 0.15) is 0 Å². The van der Waals surface area contributed by atoms with Gasteiger partial charge in [-0.3, -0.25) is 0 Å². The summed E-state index contributed by atoms with van der Waals surface area (Å²) in [6.07, 6.45) is 2.13. The average Bonchev–Trinajstić information content (AvgIpc) is 2.22. The molecule has 1 atom stereocenters. The molecule has 1 aromatic rings. The zero-order valence-electron chi connectivity index (χ0n) is 10.8. The lowest BCUT2D eigenvalue weighted by Gasteiger charge is -2.16. The van der Waals surface area contributed by atoms with Crippen molar-refractivity contribution in [2.45, 2.75) is 32.7 Å². The molecule has 2 heteroatoms. The summed E-state index contributed by atoms with van der Waals surface area (Å²) in [6.45, 7) is 5.12. The minimum atomic E-state index is 0.501. The van der Waals surface area contributed by atoms with Gasteiger partial charge in [0.2, 0.25) is 0 Å². The lowest BCUT2D eigenvalue weighted by molar-refractivity contribution is 0.184. The van der Waals surface area contributed by atoms with Crippen molar-refractivity contribution >= 4 is 0 Å². The Hall–Kier alpha value is -0.860. The minimum Gasteiger partial charge on any atom is -0.385 e. The fourth-order valence-corrected chi connectivity index (χ4v) is 2.08. The van der Waals surface area contributed by atoms with Gasteiger partial charge in [-0.05, 0) is 39.3 Å². The third kappa shape index (κ3) is 4.33. The Morgan fingerprint density at radius 3 is 2.31 bits per heavy atom. The smallest absolute Gasteiger partial charge is 0.0477 e. The molecule has 1 aromatic carbocycles. The molecule has 2 nitrogen and oxygen atoms in total. The van der Waals surface area contributed by atoms with Gasteiger partial charge in [-0.25, -0.2) is 0 Å². The molecular formula is C14H23NO. The van der Waals surface area contributed by atoms with E-state index in [0.29, 0.717) is 6.04 Å². The molecule has 0 amide bonds. The lowest BCUT2D eigenvalue weighted by Crippen LogP contribution is -2.28. The zero-order valence-corrected chi connectivity index (χ0v) is 10.8. The van der Waals surface area contributed by atoms with E-state index in [4.69, 9.17) is 4.74 Å². The van der Waals surface area contributed by atoms with Gasteiger partial charge in [0.25, 0.3) is 0 Å². The molecule has 1 unspecified atom stereocenters. The maximum atomic E-state index is 5.12. The van der Waals surface area contributed by atoms with Gasteiger partial charge in [0, 0.05) is 19.8 Å². The SMILES string of the molecule is CNC(CCOC)Cc1cc(C)cc(C)c1. The van der Waals surface area contributed by atoms with E-state index in [1.54, 1.807) is 7.11 Å². The van der Waals surface area contributed by atoms with Crippen LogP contribution in [0.2, 0.25) is 0 Å². The summed E-state index contributed by atoms with van der Waals surface area (Å²) in [5.74, 6) is 0. The molecule has 0 bridgehead atoms. The van der Waals surface area contributed by atoms with Crippen LogP contribution in [0.25, 0.3) is 0 Å². The number of rotatable bonds is 6. The first-order chi connectivity index (χ1) is 7.65. The van der Waals surface area contributed by atoms with E-state index in [9.17, 15) is 0 Å². The number of ether oxygens (including phenoxy) is 1. The largest absolute Gasteiger partial charge is 0.385 e. The Kier molecular flexibility index (Phi) is 5.50. The highest BCUT2D eigenvalue weighted by Crippen LogP contribution is 2.12. The second-order valence-corrected chi connectivity index (χ2v) is 4.47. The van der Waals surface area contributed by atoms with Crippen LogP contribution in [-0.2, 0) is 11.2 Å². The molecule has 0 fully saturated rings. The van der Waals surface area contributed by atoms with Crippen molar-refractivity contribution in [2.24, 2.45) is 0 Å². The molecule has 0 spiro atoms. The molecule has 0 aliphatic carbocycles. The predicted octanol–water partition coefficient (Wildman–Crippen LogP) is 2.47. The van der Waals surface area contributed by atoms with Gasteiger partial charge in [-0.2, -0.15) is 0 Å². The van der Waals surface area contributed by atoms with Gasteiger partial charge in [-0.1, -0.05) is 29.3 Å². The maximum Gasteiger partial charge on any atom is 0.0477 e. The van der Waals surface area contributed by atoms with E-state index in [1.807, 2.05) is 7.05 Å². The van der Waals surface area contributed by atoms with Crippen LogP contribution in [0.5, 0.6) is 0 Å². The van der Waals surface area contributed by atoms with Crippen LogP contribution >= 0.6 is 0 Å². The number of methoxy groups -OCH3 is 1. The van der Waals surface area contributed by atoms with Gasteiger partial charge < -0.3 is 10.1 Å². The van der Waals surface area contributed by atoms with Crippen LogP contribution < -0.4 is 5.32 Å². The Bertz CT molecular complexity index is 302. The average molecular weight is 221 g/mol. The fourth-order valence-electron chi connectivity index (χ4n) is 2.08. The van der Waals surface area contributed by atoms with Crippen LogP contribution in [0.3, 0.4) is 0 Å². The summed E-state index contributed by atoms with van der Waals surface area (Å²) < 4.78 is 5.12. The molecule has 0 aliphatic heterocycles. The molecule has 90 valence electrons. The van der Waals surface area contributed by atoms with E-state index in [1.165, 1.54) is 16.7 Å². The highest BCUT2D eigenvalue weighted by atomic mass is 16.5. The van der Waals surface area contributed by atoms with Crippen molar-refractivity contribution in [3.8, 4) is 0 Å². The third-order valence-electron chi connectivity index (χ3n) is 2.84. The summed E-state index contributed by atoms with van der Waals surface area (Å²) in [5, 5.41) is 3.34. The number of nitrogens with one attached hydrogen (secondary N) is 1. The summed E-state index contributed by atoms with van der Waals surface area (Å²) in [4.78, 5) is 0. The van der Waals surface area contributed by atoms with Crippen LogP contribution in [0.4, 0.5) is 0 Å². The number of benzene rings is 1. The summed E-state index contributed by atoms with van der Waals surface area (Å²) in [7, 11) is 3.77. The lowest BCUT2D eigenvalue weighted by atomic mass is 10.00. The van der Waals surface area contributed by atoms with E-state index in [-0.39, 0.29) is 0 Å². The van der Waals surface area contributed by atoms with Crippen molar-refractivity contribution in [1.29, 1.82) is 0 Å².